The number of urea groups is 1. The highest BCUT2D eigenvalue weighted by atomic mass is 16.5. The Morgan fingerprint density at radius 1 is 1.14 bits per heavy atom. The first-order valence-electron chi connectivity index (χ1n) is 8.75. The summed E-state index contributed by atoms with van der Waals surface area (Å²) in [4.78, 5) is 26.0. The Morgan fingerprint density at radius 3 is 2.45 bits per heavy atom. The molecule has 2 rings (SSSR count). The molecule has 2 amide bonds. The van der Waals surface area contributed by atoms with Crippen LogP contribution in [0.5, 0.6) is 0 Å². The van der Waals surface area contributed by atoms with Crippen molar-refractivity contribution in [3.05, 3.63) is 0 Å². The van der Waals surface area contributed by atoms with Gasteiger partial charge in [0.2, 0.25) is 0 Å². The van der Waals surface area contributed by atoms with Crippen LogP contribution in [0.3, 0.4) is 0 Å². The maximum absolute atomic E-state index is 12.4. The van der Waals surface area contributed by atoms with Crippen molar-refractivity contribution in [3.8, 4) is 0 Å². The van der Waals surface area contributed by atoms with Crippen LogP contribution in [0.2, 0.25) is 0 Å². The van der Waals surface area contributed by atoms with Gasteiger partial charge in [0.05, 0.1) is 12.5 Å². The second-order valence-electron chi connectivity index (χ2n) is 6.84. The number of carbonyl (C=O) groups is 2. The second kappa shape index (κ2) is 7.84. The molecule has 0 bridgehead atoms. The van der Waals surface area contributed by atoms with Crippen molar-refractivity contribution in [3.63, 3.8) is 0 Å². The molecule has 3 atom stereocenters. The number of nitrogens with one attached hydrogen (secondary N) is 1. The first kappa shape index (κ1) is 17.1. The Balaban J connectivity index is 1.79. The van der Waals surface area contributed by atoms with Crippen LogP contribution >= 0.6 is 0 Å². The van der Waals surface area contributed by atoms with Crippen LogP contribution in [0.25, 0.3) is 0 Å². The maximum atomic E-state index is 12.4. The summed E-state index contributed by atoms with van der Waals surface area (Å²) < 4.78 is 5.07. The van der Waals surface area contributed by atoms with Gasteiger partial charge in [-0.05, 0) is 38.0 Å². The van der Waals surface area contributed by atoms with Crippen LogP contribution in [-0.2, 0) is 9.53 Å². The van der Waals surface area contributed by atoms with Gasteiger partial charge in [-0.1, -0.05) is 26.7 Å². The number of nitrogens with zero attached hydrogens (tertiary/aromatic N) is 1. The van der Waals surface area contributed by atoms with E-state index in [2.05, 4.69) is 19.2 Å². The van der Waals surface area contributed by atoms with Crippen LogP contribution in [0.1, 0.15) is 52.9 Å². The third-order valence-corrected chi connectivity index (χ3v) is 5.42. The van der Waals surface area contributed by atoms with Crippen LogP contribution in [0.15, 0.2) is 0 Å². The lowest BCUT2D eigenvalue weighted by Crippen LogP contribution is -2.51. The van der Waals surface area contributed by atoms with Crippen molar-refractivity contribution in [2.24, 2.45) is 17.8 Å². The normalized spacial score (nSPS) is 30.0. The van der Waals surface area contributed by atoms with Gasteiger partial charge in [0.25, 0.3) is 0 Å². The number of amides is 2. The Labute approximate surface area is 133 Å². The summed E-state index contributed by atoms with van der Waals surface area (Å²) in [5.41, 5.74) is 0. The van der Waals surface area contributed by atoms with Crippen LogP contribution < -0.4 is 5.32 Å². The van der Waals surface area contributed by atoms with Crippen LogP contribution in [0.4, 0.5) is 4.79 Å². The largest absolute Gasteiger partial charge is 0.466 e. The SMILES string of the molecule is CCOC(=O)C1CCN(C(=O)N[C@@H]2CCC[C@@H](C)[C@@H]2C)CC1. The number of rotatable bonds is 3. The van der Waals surface area contributed by atoms with Crippen molar-refractivity contribution >= 4 is 12.0 Å². The molecule has 0 aromatic carbocycles. The minimum atomic E-state index is -0.114. The molecule has 1 aliphatic heterocycles. The van der Waals surface area contributed by atoms with E-state index in [-0.39, 0.29) is 17.9 Å². The van der Waals surface area contributed by atoms with E-state index in [4.69, 9.17) is 4.74 Å². The molecule has 2 aliphatic rings. The Hall–Kier alpha value is -1.26. The number of likely N-dealkylation sites (tertiary alicyclic amines) is 1. The molecule has 1 heterocycles. The maximum Gasteiger partial charge on any atom is 0.317 e. The Bertz CT molecular complexity index is 391. The molecule has 126 valence electrons. The number of ether oxygens (including phenoxy) is 1. The molecule has 1 saturated heterocycles. The monoisotopic (exact) mass is 310 g/mol. The number of esters is 1. The third kappa shape index (κ3) is 4.14. The van der Waals surface area contributed by atoms with Crippen molar-refractivity contribution in [2.45, 2.75) is 58.9 Å². The van der Waals surface area contributed by atoms with Gasteiger partial charge in [0.15, 0.2) is 0 Å². The van der Waals surface area contributed by atoms with Gasteiger partial charge in [-0.25, -0.2) is 4.79 Å². The topological polar surface area (TPSA) is 58.6 Å². The molecule has 5 heteroatoms. The fourth-order valence-corrected chi connectivity index (χ4v) is 3.61. The molecular formula is C17H30N2O3. The van der Waals surface area contributed by atoms with Gasteiger partial charge < -0.3 is 15.0 Å². The van der Waals surface area contributed by atoms with E-state index >= 15 is 0 Å². The second-order valence-corrected chi connectivity index (χ2v) is 6.84. The number of hydrogen-bond donors (Lipinski definition) is 1. The van der Waals surface area contributed by atoms with Gasteiger partial charge in [-0.15, -0.1) is 0 Å². The predicted octanol–water partition coefficient (Wildman–Crippen LogP) is 2.80. The third-order valence-electron chi connectivity index (χ3n) is 5.42. The van der Waals surface area contributed by atoms with E-state index < -0.39 is 0 Å². The lowest BCUT2D eigenvalue weighted by Gasteiger charge is -2.37. The minimum absolute atomic E-state index is 0.0354. The van der Waals surface area contributed by atoms with Crippen molar-refractivity contribution in [1.82, 2.24) is 10.2 Å². The fourth-order valence-electron chi connectivity index (χ4n) is 3.61. The molecule has 2 fully saturated rings. The van der Waals surface area contributed by atoms with Crippen LogP contribution in [0, 0.1) is 17.8 Å². The summed E-state index contributed by atoms with van der Waals surface area (Å²) in [5.74, 6) is 1.05. The van der Waals surface area contributed by atoms with E-state index in [1.54, 1.807) is 0 Å². The lowest BCUT2D eigenvalue weighted by molar-refractivity contribution is -0.149. The first-order valence-corrected chi connectivity index (χ1v) is 8.75. The quantitative estimate of drug-likeness (QED) is 0.816. The minimum Gasteiger partial charge on any atom is -0.466 e. The van der Waals surface area contributed by atoms with E-state index in [1.165, 1.54) is 12.8 Å². The zero-order chi connectivity index (χ0) is 16.1. The molecular weight excluding hydrogens is 280 g/mol. The van der Waals surface area contributed by atoms with E-state index in [0.29, 0.717) is 50.4 Å². The van der Waals surface area contributed by atoms with Crippen molar-refractivity contribution in [1.29, 1.82) is 0 Å². The van der Waals surface area contributed by atoms with Gasteiger partial charge in [-0.3, -0.25) is 4.79 Å². The number of carbonyl (C=O) groups excluding carboxylic acids is 2. The summed E-state index contributed by atoms with van der Waals surface area (Å²) in [6.45, 7) is 8.05. The van der Waals surface area contributed by atoms with E-state index in [0.717, 1.165) is 6.42 Å². The average molecular weight is 310 g/mol. The van der Waals surface area contributed by atoms with Gasteiger partial charge in [-0.2, -0.15) is 0 Å². The first-order chi connectivity index (χ1) is 10.5. The summed E-state index contributed by atoms with van der Waals surface area (Å²) >= 11 is 0. The lowest BCUT2D eigenvalue weighted by atomic mass is 9.78. The summed E-state index contributed by atoms with van der Waals surface area (Å²) in [5, 5.41) is 3.21. The van der Waals surface area contributed by atoms with E-state index in [9.17, 15) is 9.59 Å². The van der Waals surface area contributed by atoms with Gasteiger partial charge in [0, 0.05) is 19.1 Å². The van der Waals surface area contributed by atoms with Gasteiger partial charge >= 0.3 is 12.0 Å². The van der Waals surface area contributed by atoms with Crippen molar-refractivity contribution < 1.29 is 14.3 Å². The molecule has 1 saturated carbocycles. The Kier molecular flexibility index (Phi) is 6.09. The standard InChI is InChI=1S/C17H30N2O3/c1-4-22-16(20)14-8-10-19(11-9-14)17(21)18-15-7-5-6-12(2)13(15)3/h12-15H,4-11H2,1-3H3,(H,18,21)/t12-,13+,15-/m1/s1. The summed E-state index contributed by atoms with van der Waals surface area (Å²) in [6.07, 6.45) is 4.96. The zero-order valence-corrected chi connectivity index (χ0v) is 14.1. The van der Waals surface area contributed by atoms with E-state index in [1.807, 2.05) is 11.8 Å². The Morgan fingerprint density at radius 2 is 1.82 bits per heavy atom. The van der Waals surface area contributed by atoms with Gasteiger partial charge in [0.1, 0.15) is 0 Å². The average Bonchev–Trinajstić information content (AvgIpc) is 2.52. The molecule has 22 heavy (non-hydrogen) atoms. The number of hydrogen-bond acceptors (Lipinski definition) is 3. The highest BCUT2D eigenvalue weighted by molar-refractivity contribution is 5.76. The summed E-state index contributed by atoms with van der Waals surface area (Å²) in [6, 6.07) is 0.326. The molecule has 0 radical (unpaired) electrons. The molecule has 1 aliphatic carbocycles. The predicted molar refractivity (Wildman–Crippen MR) is 85.4 cm³/mol. The fraction of sp³-hybridized carbons (Fsp3) is 0.882. The van der Waals surface area contributed by atoms with Crippen LogP contribution in [-0.4, -0.2) is 42.6 Å². The highest BCUT2D eigenvalue weighted by Crippen LogP contribution is 2.29. The molecule has 5 nitrogen and oxygen atoms in total. The molecule has 0 spiro atoms. The smallest absolute Gasteiger partial charge is 0.317 e. The number of piperidine rings is 1. The highest BCUT2D eigenvalue weighted by Gasteiger charge is 2.32. The molecule has 0 aromatic rings. The zero-order valence-electron chi connectivity index (χ0n) is 14.1. The summed E-state index contributed by atoms with van der Waals surface area (Å²) in [7, 11) is 0. The molecule has 0 unspecified atom stereocenters. The molecule has 0 aromatic heterocycles. The molecule has 1 N–H and O–H groups in total. The van der Waals surface area contributed by atoms with Crippen molar-refractivity contribution in [2.75, 3.05) is 19.7 Å².